The van der Waals surface area contributed by atoms with E-state index in [4.69, 9.17) is 5.11 Å². The van der Waals surface area contributed by atoms with Gasteiger partial charge in [0.25, 0.3) is 0 Å². The van der Waals surface area contributed by atoms with Gasteiger partial charge in [0, 0.05) is 6.07 Å². The molecule has 0 saturated heterocycles. The molecule has 0 atom stereocenters. The molecule has 1 N–H and O–H groups in total. The van der Waals surface area contributed by atoms with Crippen LogP contribution in [0.25, 0.3) is 11.0 Å². The fourth-order valence-corrected chi connectivity index (χ4v) is 2.55. The number of thioether (sulfide) groups is 1. The van der Waals surface area contributed by atoms with E-state index in [9.17, 15) is 14.0 Å². The molecule has 2 aromatic rings. The summed E-state index contributed by atoms with van der Waals surface area (Å²) in [6.45, 7) is 1.49. The van der Waals surface area contributed by atoms with Crippen molar-refractivity contribution in [3.63, 3.8) is 0 Å². The number of aryl methyl sites for hydroxylation is 1. The Labute approximate surface area is 123 Å². The van der Waals surface area contributed by atoms with Crippen LogP contribution in [-0.4, -0.2) is 39.5 Å². The van der Waals surface area contributed by atoms with Crippen LogP contribution in [0.3, 0.4) is 0 Å². The van der Waals surface area contributed by atoms with Crippen molar-refractivity contribution in [1.29, 1.82) is 0 Å². The summed E-state index contributed by atoms with van der Waals surface area (Å²) in [5, 5.41) is 9.08. The number of carboxylic acids is 1. The van der Waals surface area contributed by atoms with E-state index >= 15 is 0 Å². The molecule has 8 heteroatoms. The molecule has 6 nitrogen and oxygen atoms in total. The summed E-state index contributed by atoms with van der Waals surface area (Å²) < 4.78 is 19.7. The number of ether oxygens (including phenoxy) is 1. The van der Waals surface area contributed by atoms with Crippen LogP contribution in [0.2, 0.25) is 0 Å². The highest BCUT2D eigenvalue weighted by molar-refractivity contribution is 7.99. The molecule has 0 spiro atoms. The first-order valence-corrected chi connectivity index (χ1v) is 6.98. The number of aromatic nitrogens is 2. The Morgan fingerprint density at radius 1 is 1.48 bits per heavy atom. The standard InChI is InChI=1S/C13H13FN2O4S/c1-7-3-10-9(4-8(7)14)15-13(21-6-11(17)18)16(10)5-12(19)20-2/h3-4H,5-6H2,1-2H3,(H,17,18). The summed E-state index contributed by atoms with van der Waals surface area (Å²) in [4.78, 5) is 26.4. The number of hydrogen-bond donors (Lipinski definition) is 1. The summed E-state index contributed by atoms with van der Waals surface area (Å²) in [5.41, 5.74) is 1.35. The van der Waals surface area contributed by atoms with Crippen LogP contribution in [0, 0.1) is 12.7 Å². The summed E-state index contributed by atoms with van der Waals surface area (Å²) >= 11 is 0.967. The zero-order valence-corrected chi connectivity index (χ0v) is 12.2. The lowest BCUT2D eigenvalue weighted by atomic mass is 10.2. The van der Waals surface area contributed by atoms with Crippen LogP contribution in [-0.2, 0) is 20.9 Å². The first-order chi connectivity index (χ1) is 9.92. The minimum Gasteiger partial charge on any atom is -0.481 e. The maximum atomic E-state index is 13.6. The number of aliphatic carboxylic acids is 1. The maximum absolute atomic E-state index is 13.6. The predicted octanol–water partition coefficient (Wildman–Crippen LogP) is 1.83. The first kappa shape index (κ1) is 15.3. The fourth-order valence-electron chi connectivity index (χ4n) is 1.81. The molecule has 1 heterocycles. The largest absolute Gasteiger partial charge is 0.481 e. The number of methoxy groups -OCH3 is 1. The summed E-state index contributed by atoms with van der Waals surface area (Å²) in [6, 6.07) is 2.84. The van der Waals surface area contributed by atoms with Gasteiger partial charge in [-0.15, -0.1) is 0 Å². The Balaban J connectivity index is 2.51. The van der Waals surface area contributed by atoms with E-state index in [1.165, 1.54) is 17.7 Å². The van der Waals surface area contributed by atoms with Crippen LogP contribution >= 0.6 is 11.8 Å². The molecule has 0 fully saturated rings. The van der Waals surface area contributed by atoms with Crippen LogP contribution in [0.1, 0.15) is 5.56 Å². The molecule has 1 aromatic carbocycles. The van der Waals surface area contributed by atoms with Gasteiger partial charge in [0.1, 0.15) is 12.4 Å². The van der Waals surface area contributed by atoms with E-state index < -0.39 is 17.8 Å². The lowest BCUT2D eigenvalue weighted by molar-refractivity contribution is -0.141. The average molecular weight is 312 g/mol. The second-order valence-electron chi connectivity index (χ2n) is 4.33. The van der Waals surface area contributed by atoms with Gasteiger partial charge in [-0.2, -0.15) is 0 Å². The molecule has 0 amide bonds. The number of imidazole rings is 1. The smallest absolute Gasteiger partial charge is 0.325 e. The van der Waals surface area contributed by atoms with Crippen LogP contribution in [0.5, 0.6) is 0 Å². The number of benzene rings is 1. The van der Waals surface area contributed by atoms with Crippen LogP contribution in [0.4, 0.5) is 4.39 Å². The Kier molecular flexibility index (Phi) is 4.46. The SMILES string of the molecule is COC(=O)Cn1c(SCC(=O)O)nc2cc(F)c(C)cc21. The molecule has 0 radical (unpaired) electrons. The van der Waals surface area contributed by atoms with Gasteiger partial charge in [0.05, 0.1) is 23.9 Å². The van der Waals surface area contributed by atoms with Gasteiger partial charge in [-0.05, 0) is 18.6 Å². The van der Waals surface area contributed by atoms with Crippen molar-refractivity contribution in [2.24, 2.45) is 0 Å². The molecule has 0 aliphatic rings. The van der Waals surface area contributed by atoms with Gasteiger partial charge in [-0.25, -0.2) is 9.37 Å². The van der Waals surface area contributed by atoms with E-state index in [0.29, 0.717) is 21.8 Å². The van der Waals surface area contributed by atoms with Gasteiger partial charge in [-0.3, -0.25) is 9.59 Å². The lowest BCUT2D eigenvalue weighted by Crippen LogP contribution is -2.13. The summed E-state index contributed by atoms with van der Waals surface area (Å²) in [5.74, 6) is -2.10. The Morgan fingerprint density at radius 2 is 2.19 bits per heavy atom. The van der Waals surface area contributed by atoms with Crippen molar-refractivity contribution in [3.8, 4) is 0 Å². The Bertz CT molecular complexity index is 714. The first-order valence-electron chi connectivity index (χ1n) is 6.00. The highest BCUT2D eigenvalue weighted by Crippen LogP contribution is 2.26. The molecule has 0 aliphatic heterocycles. The number of carbonyl (C=O) groups is 2. The van der Waals surface area contributed by atoms with E-state index in [0.717, 1.165) is 11.8 Å². The average Bonchev–Trinajstić information content (AvgIpc) is 2.74. The zero-order chi connectivity index (χ0) is 15.6. The molecule has 112 valence electrons. The zero-order valence-electron chi connectivity index (χ0n) is 11.4. The fraction of sp³-hybridized carbons (Fsp3) is 0.308. The minimum absolute atomic E-state index is 0.111. The maximum Gasteiger partial charge on any atom is 0.325 e. The minimum atomic E-state index is -1.00. The van der Waals surface area contributed by atoms with Crippen molar-refractivity contribution in [1.82, 2.24) is 9.55 Å². The van der Waals surface area contributed by atoms with Crippen molar-refractivity contribution < 1.29 is 23.8 Å². The van der Waals surface area contributed by atoms with Gasteiger partial charge in [-0.1, -0.05) is 11.8 Å². The third kappa shape index (κ3) is 3.33. The molecular formula is C13H13FN2O4S. The molecule has 0 aliphatic carbocycles. The van der Waals surface area contributed by atoms with Crippen molar-refractivity contribution in [3.05, 3.63) is 23.5 Å². The van der Waals surface area contributed by atoms with Gasteiger partial charge in [0.2, 0.25) is 0 Å². The normalized spacial score (nSPS) is 10.8. The summed E-state index contributed by atoms with van der Waals surface area (Å²) in [6.07, 6.45) is 0. The highest BCUT2D eigenvalue weighted by Gasteiger charge is 2.17. The Morgan fingerprint density at radius 3 is 2.81 bits per heavy atom. The second kappa shape index (κ2) is 6.13. The number of carbonyl (C=O) groups excluding carboxylic acids is 1. The van der Waals surface area contributed by atoms with Gasteiger partial charge >= 0.3 is 11.9 Å². The van der Waals surface area contributed by atoms with E-state index in [1.807, 2.05) is 0 Å². The molecule has 0 bridgehead atoms. The molecule has 21 heavy (non-hydrogen) atoms. The van der Waals surface area contributed by atoms with Crippen molar-refractivity contribution >= 4 is 34.7 Å². The van der Waals surface area contributed by atoms with Crippen LogP contribution in [0.15, 0.2) is 17.3 Å². The lowest BCUT2D eigenvalue weighted by Gasteiger charge is -2.07. The van der Waals surface area contributed by atoms with Crippen molar-refractivity contribution in [2.45, 2.75) is 18.6 Å². The van der Waals surface area contributed by atoms with E-state index in [1.54, 1.807) is 13.0 Å². The highest BCUT2D eigenvalue weighted by atomic mass is 32.2. The number of rotatable bonds is 5. The predicted molar refractivity (Wildman–Crippen MR) is 74.8 cm³/mol. The number of fused-ring (bicyclic) bond motifs is 1. The quantitative estimate of drug-likeness (QED) is 0.670. The third-order valence-electron chi connectivity index (χ3n) is 2.83. The molecule has 1 aromatic heterocycles. The second-order valence-corrected chi connectivity index (χ2v) is 5.27. The number of carboxylic acid groups (broad SMARTS) is 1. The summed E-state index contributed by atoms with van der Waals surface area (Å²) in [7, 11) is 1.26. The monoisotopic (exact) mass is 312 g/mol. The number of hydrogen-bond acceptors (Lipinski definition) is 5. The Hall–Kier alpha value is -2.09. The van der Waals surface area contributed by atoms with Gasteiger partial charge in [0.15, 0.2) is 5.16 Å². The number of esters is 1. The van der Waals surface area contributed by atoms with E-state index in [-0.39, 0.29) is 12.3 Å². The van der Waals surface area contributed by atoms with E-state index in [2.05, 4.69) is 9.72 Å². The number of nitrogens with zero attached hydrogens (tertiary/aromatic N) is 2. The molecule has 0 saturated carbocycles. The van der Waals surface area contributed by atoms with Gasteiger partial charge < -0.3 is 14.4 Å². The molecular weight excluding hydrogens is 299 g/mol. The molecule has 0 unspecified atom stereocenters. The number of halogens is 1. The molecule has 2 rings (SSSR count). The van der Waals surface area contributed by atoms with Crippen molar-refractivity contribution in [2.75, 3.05) is 12.9 Å². The third-order valence-corrected chi connectivity index (χ3v) is 3.79. The van der Waals surface area contributed by atoms with Crippen LogP contribution < -0.4 is 0 Å². The topological polar surface area (TPSA) is 81.4 Å².